The Balaban J connectivity index is 2.04. The Morgan fingerprint density at radius 3 is 2.52 bits per heavy atom. The Morgan fingerprint density at radius 2 is 1.88 bits per heavy atom. The highest BCUT2D eigenvalue weighted by atomic mass is 32.1. The molecule has 0 aliphatic rings. The van der Waals surface area contributed by atoms with Crippen LogP contribution in [-0.4, -0.2) is 36.8 Å². The van der Waals surface area contributed by atoms with E-state index in [4.69, 9.17) is 14.2 Å². The van der Waals surface area contributed by atoms with E-state index in [2.05, 4.69) is 15.3 Å². The van der Waals surface area contributed by atoms with Crippen molar-refractivity contribution >= 4 is 39.0 Å². The van der Waals surface area contributed by atoms with Crippen LogP contribution in [0.1, 0.15) is 17.3 Å². The molecule has 0 aliphatic heterocycles. The van der Waals surface area contributed by atoms with Crippen LogP contribution in [0.4, 0.5) is 11.5 Å². The fourth-order valence-corrected chi connectivity index (χ4v) is 3.22. The van der Waals surface area contributed by atoms with Gasteiger partial charge in [0.05, 0.1) is 31.8 Å². The van der Waals surface area contributed by atoms with Gasteiger partial charge in [-0.2, -0.15) is 0 Å². The maximum atomic E-state index is 12.2. The zero-order valence-electron chi connectivity index (χ0n) is 14.0. The summed E-state index contributed by atoms with van der Waals surface area (Å²) in [6, 6.07) is 5.40. The molecule has 2 aromatic heterocycles. The van der Waals surface area contributed by atoms with Gasteiger partial charge in [0.2, 0.25) is 0 Å². The monoisotopic (exact) mass is 359 g/mol. The number of nitrogens with zero attached hydrogens (tertiary/aromatic N) is 2. The molecular formula is C17H17N3O4S. The number of carbonyl (C=O) groups excluding carboxylic acids is 1. The second-order valence-electron chi connectivity index (χ2n) is 5.00. The highest BCUT2D eigenvalue weighted by Crippen LogP contribution is 2.33. The number of hydrogen-bond acceptors (Lipinski definition) is 8. The van der Waals surface area contributed by atoms with E-state index in [-0.39, 0.29) is 0 Å². The summed E-state index contributed by atoms with van der Waals surface area (Å²) in [6.45, 7) is 2.07. The van der Waals surface area contributed by atoms with Crippen molar-refractivity contribution in [2.75, 3.05) is 26.1 Å². The summed E-state index contributed by atoms with van der Waals surface area (Å²) in [5.41, 5.74) is 1.16. The molecule has 0 fully saturated rings. The molecule has 0 spiro atoms. The Labute approximate surface area is 148 Å². The highest BCUT2D eigenvalue weighted by molar-refractivity contribution is 7.17. The summed E-state index contributed by atoms with van der Waals surface area (Å²) in [5, 5.41) is 5.57. The molecule has 0 amide bonds. The van der Waals surface area contributed by atoms with Crippen molar-refractivity contribution in [3.8, 4) is 11.5 Å². The van der Waals surface area contributed by atoms with Gasteiger partial charge < -0.3 is 19.5 Å². The van der Waals surface area contributed by atoms with Gasteiger partial charge in [-0.3, -0.25) is 0 Å². The molecule has 25 heavy (non-hydrogen) atoms. The number of fused-ring (bicyclic) bond motifs is 1. The van der Waals surface area contributed by atoms with E-state index >= 15 is 0 Å². The van der Waals surface area contributed by atoms with Crippen molar-refractivity contribution in [1.82, 2.24) is 9.97 Å². The van der Waals surface area contributed by atoms with E-state index in [1.54, 1.807) is 32.6 Å². The zero-order valence-corrected chi connectivity index (χ0v) is 14.8. The van der Waals surface area contributed by atoms with Crippen molar-refractivity contribution in [2.24, 2.45) is 0 Å². The molecule has 0 atom stereocenters. The second-order valence-corrected chi connectivity index (χ2v) is 5.86. The van der Waals surface area contributed by atoms with E-state index in [1.807, 2.05) is 12.1 Å². The van der Waals surface area contributed by atoms with Gasteiger partial charge in [-0.1, -0.05) is 0 Å². The molecule has 130 valence electrons. The fraction of sp³-hybridized carbons (Fsp3) is 0.235. The first kappa shape index (κ1) is 17.0. The molecule has 3 aromatic rings. The average Bonchev–Trinajstić information content (AvgIpc) is 3.07. The van der Waals surface area contributed by atoms with Crippen molar-refractivity contribution in [3.63, 3.8) is 0 Å². The summed E-state index contributed by atoms with van der Waals surface area (Å²) in [7, 11) is 3.17. The molecule has 8 heteroatoms. The van der Waals surface area contributed by atoms with Crippen LogP contribution in [0.5, 0.6) is 11.5 Å². The minimum absolute atomic E-state index is 0.305. The summed E-state index contributed by atoms with van der Waals surface area (Å²) < 4.78 is 15.7. The zero-order chi connectivity index (χ0) is 17.8. The molecule has 7 nitrogen and oxygen atoms in total. The van der Waals surface area contributed by atoms with Gasteiger partial charge in [0.1, 0.15) is 28.5 Å². The first-order chi connectivity index (χ1) is 12.2. The predicted molar refractivity (Wildman–Crippen MR) is 96.2 cm³/mol. The third kappa shape index (κ3) is 3.48. The number of anilines is 2. The van der Waals surface area contributed by atoms with Crippen LogP contribution in [0, 0.1) is 0 Å². The Kier molecular flexibility index (Phi) is 4.99. The van der Waals surface area contributed by atoms with E-state index in [0.717, 1.165) is 5.69 Å². The molecule has 1 aromatic carbocycles. The molecule has 0 radical (unpaired) electrons. The van der Waals surface area contributed by atoms with Crippen LogP contribution in [0.25, 0.3) is 10.2 Å². The van der Waals surface area contributed by atoms with Crippen molar-refractivity contribution in [3.05, 3.63) is 35.5 Å². The van der Waals surface area contributed by atoms with Gasteiger partial charge in [-0.05, 0) is 6.92 Å². The van der Waals surface area contributed by atoms with Gasteiger partial charge in [-0.25, -0.2) is 14.8 Å². The Bertz CT molecular complexity index is 888. The van der Waals surface area contributed by atoms with Crippen LogP contribution in [-0.2, 0) is 4.74 Å². The van der Waals surface area contributed by atoms with Crippen molar-refractivity contribution < 1.29 is 19.0 Å². The van der Waals surface area contributed by atoms with Crippen LogP contribution < -0.4 is 14.8 Å². The average molecular weight is 359 g/mol. The quantitative estimate of drug-likeness (QED) is 0.673. The molecule has 0 bridgehead atoms. The summed E-state index contributed by atoms with van der Waals surface area (Å²) in [6.07, 6.45) is 1.45. The standard InChI is InChI=1S/C17H17N3O4S/c1-4-24-17(21)13-8-25-16-14(13)15(18-9-19-16)20-10-5-11(22-2)7-12(6-10)23-3/h5-9H,4H2,1-3H3,(H,18,19,20). The van der Waals surface area contributed by atoms with Crippen molar-refractivity contribution in [1.29, 1.82) is 0 Å². The fourth-order valence-electron chi connectivity index (χ4n) is 2.35. The first-order valence-corrected chi connectivity index (χ1v) is 8.43. The third-order valence-corrected chi connectivity index (χ3v) is 4.37. The number of hydrogen-bond donors (Lipinski definition) is 1. The van der Waals surface area contributed by atoms with Gasteiger partial charge in [-0.15, -0.1) is 11.3 Å². The lowest BCUT2D eigenvalue weighted by molar-refractivity contribution is 0.0529. The number of nitrogens with one attached hydrogen (secondary N) is 1. The molecule has 0 aliphatic carbocycles. The molecule has 0 saturated heterocycles. The number of rotatable bonds is 6. The lowest BCUT2D eigenvalue weighted by Gasteiger charge is -2.11. The number of carbonyl (C=O) groups is 1. The van der Waals surface area contributed by atoms with Gasteiger partial charge in [0.25, 0.3) is 0 Å². The number of aromatic nitrogens is 2. The first-order valence-electron chi connectivity index (χ1n) is 7.55. The molecule has 2 heterocycles. The van der Waals surface area contributed by atoms with E-state index in [1.165, 1.54) is 17.7 Å². The SMILES string of the molecule is CCOC(=O)c1csc2ncnc(Nc3cc(OC)cc(OC)c3)c12. The maximum Gasteiger partial charge on any atom is 0.339 e. The topological polar surface area (TPSA) is 82.6 Å². The van der Waals surface area contributed by atoms with E-state index < -0.39 is 5.97 Å². The number of methoxy groups -OCH3 is 2. The van der Waals surface area contributed by atoms with Crippen LogP contribution >= 0.6 is 11.3 Å². The Hall–Kier alpha value is -2.87. The van der Waals surface area contributed by atoms with Crippen LogP contribution in [0.2, 0.25) is 0 Å². The van der Waals surface area contributed by atoms with E-state index in [0.29, 0.717) is 39.7 Å². The van der Waals surface area contributed by atoms with Gasteiger partial charge in [0.15, 0.2) is 0 Å². The van der Waals surface area contributed by atoms with Crippen molar-refractivity contribution in [2.45, 2.75) is 6.92 Å². The summed E-state index contributed by atoms with van der Waals surface area (Å²) in [5.74, 6) is 1.41. The minimum atomic E-state index is -0.394. The lowest BCUT2D eigenvalue weighted by atomic mass is 10.2. The smallest absolute Gasteiger partial charge is 0.339 e. The summed E-state index contributed by atoms with van der Waals surface area (Å²) in [4.78, 5) is 21.4. The number of benzene rings is 1. The molecular weight excluding hydrogens is 342 g/mol. The molecule has 0 unspecified atom stereocenters. The molecule has 1 N–H and O–H groups in total. The highest BCUT2D eigenvalue weighted by Gasteiger charge is 2.18. The minimum Gasteiger partial charge on any atom is -0.497 e. The van der Waals surface area contributed by atoms with E-state index in [9.17, 15) is 4.79 Å². The van der Waals surface area contributed by atoms with Crippen LogP contribution in [0.3, 0.4) is 0 Å². The predicted octanol–water partition coefficient (Wildman–Crippen LogP) is 3.63. The van der Waals surface area contributed by atoms with Crippen LogP contribution in [0.15, 0.2) is 29.9 Å². The van der Waals surface area contributed by atoms with Gasteiger partial charge >= 0.3 is 5.97 Å². The number of ether oxygens (including phenoxy) is 3. The number of thiophene rings is 1. The second kappa shape index (κ2) is 7.35. The largest absolute Gasteiger partial charge is 0.497 e. The number of esters is 1. The third-order valence-electron chi connectivity index (χ3n) is 3.48. The molecule has 0 saturated carbocycles. The Morgan fingerprint density at radius 1 is 1.16 bits per heavy atom. The summed E-state index contributed by atoms with van der Waals surface area (Å²) >= 11 is 1.37. The normalized spacial score (nSPS) is 10.5. The van der Waals surface area contributed by atoms with Gasteiger partial charge in [0, 0.05) is 29.3 Å². The maximum absolute atomic E-state index is 12.2. The molecule has 3 rings (SSSR count). The lowest BCUT2D eigenvalue weighted by Crippen LogP contribution is -2.05.